The third kappa shape index (κ3) is 5.19. The van der Waals surface area contributed by atoms with Crippen molar-refractivity contribution in [2.75, 3.05) is 0 Å². The predicted molar refractivity (Wildman–Crippen MR) is 82.4 cm³/mol. The van der Waals surface area contributed by atoms with Crippen LogP contribution in [0.4, 0.5) is 13.2 Å². The Kier molecular flexibility index (Phi) is 7.25. The Morgan fingerprint density at radius 2 is 1.77 bits per heavy atom. The van der Waals surface area contributed by atoms with Gasteiger partial charge in [0, 0.05) is 10.6 Å². The van der Waals surface area contributed by atoms with Crippen molar-refractivity contribution >= 4 is 55.5 Å². The van der Waals surface area contributed by atoms with E-state index in [4.69, 9.17) is 5.11 Å². The van der Waals surface area contributed by atoms with Crippen LogP contribution in [0, 0.1) is 0 Å². The van der Waals surface area contributed by atoms with E-state index in [9.17, 15) is 18.0 Å². The van der Waals surface area contributed by atoms with E-state index < -0.39 is 17.7 Å². The van der Waals surface area contributed by atoms with Crippen LogP contribution in [0.15, 0.2) is 53.4 Å². The van der Waals surface area contributed by atoms with E-state index in [0.29, 0.717) is 16.7 Å². The molecule has 0 bridgehead atoms. The van der Waals surface area contributed by atoms with E-state index in [-0.39, 0.29) is 46.2 Å². The quantitative estimate of drug-likeness (QED) is 0.647. The summed E-state index contributed by atoms with van der Waals surface area (Å²) in [4.78, 5) is 11.5. The van der Waals surface area contributed by atoms with Crippen LogP contribution in [0.3, 0.4) is 0 Å². The third-order valence-corrected chi connectivity index (χ3v) is 3.92. The molecule has 0 radical (unpaired) electrons. The monoisotopic (exact) mass is 354 g/mol. The number of alkyl halides is 3. The minimum absolute atomic E-state index is 0. The minimum atomic E-state index is -4.55. The Hall–Kier alpha value is -0.690. The molecule has 1 N–H and O–H groups in total. The van der Waals surface area contributed by atoms with E-state index in [1.54, 1.807) is 0 Å². The first-order valence-corrected chi connectivity index (χ1v) is 6.98. The van der Waals surface area contributed by atoms with Crippen molar-refractivity contribution in [3.8, 4) is 0 Å². The molecule has 0 unspecified atom stereocenters. The molecule has 2 rings (SSSR count). The van der Waals surface area contributed by atoms with Crippen LogP contribution in [-0.2, 0) is 11.9 Å². The molecule has 2 aromatic carbocycles. The van der Waals surface area contributed by atoms with Crippen molar-refractivity contribution in [2.24, 2.45) is 0 Å². The van der Waals surface area contributed by atoms with E-state index in [0.717, 1.165) is 11.6 Å². The van der Waals surface area contributed by atoms with Crippen LogP contribution in [0.2, 0.25) is 0 Å². The Labute approximate surface area is 162 Å². The minimum Gasteiger partial charge on any atom is -1.00 e. The molecule has 114 valence electrons. The summed E-state index contributed by atoms with van der Waals surface area (Å²) in [6.45, 7) is 0. The van der Waals surface area contributed by atoms with Gasteiger partial charge in [-0.25, -0.2) is 4.79 Å². The number of hydrogen-bond acceptors (Lipinski definition) is 2. The van der Waals surface area contributed by atoms with Crippen LogP contribution in [0.1, 0.15) is 24.3 Å². The first-order valence-electron chi connectivity index (χ1n) is 5.99. The van der Waals surface area contributed by atoms with Crippen molar-refractivity contribution in [2.45, 2.75) is 16.8 Å². The summed E-state index contributed by atoms with van der Waals surface area (Å²) in [6.07, 6.45) is -4.55. The average molecular weight is 354 g/mol. The molecule has 2 aromatic rings. The molecule has 0 aliphatic rings. The van der Waals surface area contributed by atoms with E-state index in [1.807, 2.05) is 30.3 Å². The maximum absolute atomic E-state index is 12.6. The molecule has 0 aromatic heterocycles. The molecule has 0 spiro atoms. The van der Waals surface area contributed by atoms with Gasteiger partial charge in [0.05, 0.1) is 11.1 Å². The number of hydrogen-bond donors (Lipinski definition) is 1. The fourth-order valence-electron chi connectivity index (χ4n) is 1.73. The van der Waals surface area contributed by atoms with Gasteiger partial charge in [-0.05, 0) is 23.8 Å². The van der Waals surface area contributed by atoms with Gasteiger partial charge in [0.2, 0.25) is 0 Å². The molecule has 2 nitrogen and oxygen atoms in total. The van der Waals surface area contributed by atoms with Gasteiger partial charge in [0.1, 0.15) is 0 Å². The maximum atomic E-state index is 12.6. The molecular formula is C15H13CaF3O2S. The Balaban J connectivity index is 0. The normalized spacial score (nSPS) is 10.9. The Morgan fingerprint density at radius 3 is 2.32 bits per heavy atom. The maximum Gasteiger partial charge on any atom is 2.00 e. The van der Waals surface area contributed by atoms with Crippen molar-refractivity contribution in [3.05, 3.63) is 65.2 Å². The van der Waals surface area contributed by atoms with Crippen molar-refractivity contribution < 1.29 is 25.9 Å². The van der Waals surface area contributed by atoms with Gasteiger partial charge in [0.25, 0.3) is 0 Å². The molecule has 7 heteroatoms. The number of halogens is 3. The topological polar surface area (TPSA) is 37.3 Å². The van der Waals surface area contributed by atoms with Gasteiger partial charge in [0.15, 0.2) is 0 Å². The molecule has 0 saturated heterocycles. The predicted octanol–water partition coefficient (Wildman–Crippen LogP) is 4.54. The van der Waals surface area contributed by atoms with E-state index in [2.05, 4.69) is 0 Å². The molecule has 0 aliphatic carbocycles. The first kappa shape index (κ1) is 19.4. The van der Waals surface area contributed by atoms with Gasteiger partial charge in [-0.1, -0.05) is 30.3 Å². The van der Waals surface area contributed by atoms with Crippen LogP contribution in [0.5, 0.6) is 0 Å². The molecule has 0 saturated carbocycles. The molecule has 0 atom stereocenters. The fourth-order valence-corrected chi connectivity index (χ4v) is 2.72. The van der Waals surface area contributed by atoms with Crippen LogP contribution in [-0.4, -0.2) is 48.8 Å². The summed E-state index contributed by atoms with van der Waals surface area (Å²) in [5.74, 6) is -0.872. The van der Waals surface area contributed by atoms with Crippen molar-refractivity contribution in [1.29, 1.82) is 0 Å². The van der Waals surface area contributed by atoms with Crippen LogP contribution < -0.4 is 0 Å². The summed E-state index contributed by atoms with van der Waals surface area (Å²) in [5.41, 5.74) is -0.312. The summed E-state index contributed by atoms with van der Waals surface area (Å²) >= 11 is 1.20. The van der Waals surface area contributed by atoms with Gasteiger partial charge >= 0.3 is 49.9 Å². The van der Waals surface area contributed by atoms with Crippen LogP contribution >= 0.6 is 11.8 Å². The number of carboxylic acids is 1. The number of aromatic carboxylic acids is 1. The molecule has 0 fully saturated rings. The number of carboxylic acid groups (broad SMARTS) is 1. The zero-order chi connectivity index (χ0) is 15.5. The second-order valence-electron chi connectivity index (χ2n) is 4.29. The zero-order valence-electron chi connectivity index (χ0n) is 13.4. The van der Waals surface area contributed by atoms with Gasteiger partial charge < -0.3 is 7.96 Å². The number of benzene rings is 2. The number of carbonyl (C=O) groups is 1. The largest absolute Gasteiger partial charge is 2.00 e. The van der Waals surface area contributed by atoms with Gasteiger partial charge in [-0.3, -0.25) is 0 Å². The summed E-state index contributed by atoms with van der Waals surface area (Å²) < 4.78 is 37.8. The van der Waals surface area contributed by atoms with E-state index in [1.165, 1.54) is 17.8 Å². The fraction of sp³-hybridized carbons (Fsp3) is 0.133. The van der Waals surface area contributed by atoms with Crippen LogP contribution in [0.25, 0.3) is 0 Å². The summed E-state index contributed by atoms with van der Waals surface area (Å²) in [7, 11) is 0. The number of rotatable bonds is 4. The smallest absolute Gasteiger partial charge is 1.00 e. The summed E-state index contributed by atoms with van der Waals surface area (Å²) in [6, 6.07) is 12.1. The zero-order valence-corrected chi connectivity index (χ0v) is 14.5. The van der Waals surface area contributed by atoms with Gasteiger partial charge in [-0.2, -0.15) is 13.2 Å². The average Bonchev–Trinajstić information content (AvgIpc) is 2.45. The molecular weight excluding hydrogens is 341 g/mol. The SMILES string of the molecule is O=C(O)c1cc(C(F)(F)F)ccc1SCc1ccccc1.[Ca+2].[H-].[H-]. The van der Waals surface area contributed by atoms with Gasteiger partial charge in [-0.15, -0.1) is 11.8 Å². The molecule has 0 heterocycles. The van der Waals surface area contributed by atoms with Crippen molar-refractivity contribution in [3.63, 3.8) is 0 Å². The third-order valence-electron chi connectivity index (χ3n) is 2.77. The Bertz CT molecular complexity index is 655. The molecule has 0 amide bonds. The molecule has 0 aliphatic heterocycles. The second kappa shape index (κ2) is 8.24. The Morgan fingerprint density at radius 1 is 1.14 bits per heavy atom. The standard InChI is InChI=1S/C15H11F3O2S.Ca.2H/c16-15(17,18)11-6-7-13(12(8-11)14(19)20)21-9-10-4-2-1-3-5-10;;;/h1-8H,9H2,(H,19,20);;;/q;+2;2*-1. The summed E-state index contributed by atoms with van der Waals surface area (Å²) in [5, 5.41) is 9.07. The van der Waals surface area contributed by atoms with Crippen molar-refractivity contribution in [1.82, 2.24) is 0 Å². The first-order chi connectivity index (χ1) is 9.88. The second-order valence-corrected chi connectivity index (χ2v) is 5.31. The molecule has 22 heavy (non-hydrogen) atoms. The van der Waals surface area contributed by atoms with E-state index >= 15 is 0 Å². The number of thioether (sulfide) groups is 1.